The Hall–Kier alpha value is -0.710. The van der Waals surface area contributed by atoms with Crippen LogP contribution < -0.4 is 0 Å². The molecule has 0 spiro atoms. The van der Waals surface area contributed by atoms with E-state index in [4.69, 9.17) is 0 Å². The zero-order chi connectivity index (χ0) is 11.3. The molecule has 0 unspecified atom stereocenters. The zero-order valence-electron chi connectivity index (χ0n) is 8.80. The Morgan fingerprint density at radius 3 is 2.47 bits per heavy atom. The summed E-state index contributed by atoms with van der Waals surface area (Å²) in [6.07, 6.45) is -0.321. The van der Waals surface area contributed by atoms with Crippen molar-refractivity contribution in [3.8, 4) is 0 Å². The normalized spacial score (nSPS) is 18.9. The van der Waals surface area contributed by atoms with Gasteiger partial charge in [-0.15, -0.1) is 0 Å². The van der Waals surface area contributed by atoms with Crippen molar-refractivity contribution in [2.24, 2.45) is 0 Å². The predicted molar refractivity (Wildman–Crippen MR) is 49.5 cm³/mol. The number of carbonyl (C=O) groups excluding carboxylic acids is 1. The molecule has 0 atom stereocenters. The molecular weight excluding hydrogens is 206 g/mol. The molecule has 5 heteroatoms. The van der Waals surface area contributed by atoms with Gasteiger partial charge in [0, 0.05) is 0 Å². The number of esters is 1. The van der Waals surface area contributed by atoms with E-state index < -0.39 is 18.2 Å². The summed E-state index contributed by atoms with van der Waals surface area (Å²) in [7, 11) is 0. The van der Waals surface area contributed by atoms with E-state index in [2.05, 4.69) is 9.47 Å². The lowest BCUT2D eigenvalue weighted by molar-refractivity contribution is -0.269. The third-order valence-electron chi connectivity index (χ3n) is 2.38. The summed E-state index contributed by atoms with van der Waals surface area (Å²) in [5, 5.41) is 0. The quantitative estimate of drug-likeness (QED) is 0.685. The first kappa shape index (κ1) is 12.4. The molecule has 0 aromatic rings. The molecule has 1 saturated carbocycles. The highest BCUT2D eigenvalue weighted by molar-refractivity contribution is 5.75. The monoisotopic (exact) mass is 222 g/mol. The maximum atomic E-state index is 13.1. The highest BCUT2D eigenvalue weighted by Crippen LogP contribution is 2.27. The fourth-order valence-corrected chi connectivity index (χ4v) is 1.66. The number of hydrogen-bond donors (Lipinski definition) is 0. The summed E-state index contributed by atoms with van der Waals surface area (Å²) in [5.74, 6) is -1.59. The fourth-order valence-electron chi connectivity index (χ4n) is 1.66. The average Bonchev–Trinajstić information content (AvgIpc) is 2.19. The topological polar surface area (TPSA) is 35.5 Å². The molecule has 0 saturated heterocycles. The van der Waals surface area contributed by atoms with Crippen molar-refractivity contribution in [3.05, 3.63) is 0 Å². The van der Waals surface area contributed by atoms with Crippen LogP contribution >= 0.6 is 0 Å². The Morgan fingerprint density at radius 2 is 1.93 bits per heavy atom. The van der Waals surface area contributed by atoms with Crippen LogP contribution in [0.1, 0.15) is 39.0 Å². The summed E-state index contributed by atoms with van der Waals surface area (Å²) in [5.41, 5.74) is 0. The number of halogens is 2. The lowest BCUT2D eigenvalue weighted by atomic mass is 9.98. The predicted octanol–water partition coefficient (Wildman–Crippen LogP) is 2.49. The van der Waals surface area contributed by atoms with Crippen LogP contribution in [0.25, 0.3) is 0 Å². The molecule has 0 heterocycles. The van der Waals surface area contributed by atoms with Crippen molar-refractivity contribution in [3.63, 3.8) is 0 Å². The Kier molecular flexibility index (Phi) is 4.45. The standard InChI is InChI=1S/C10H16F2O3/c1-2-14-9(13)10(11,12)15-8-6-4-3-5-7-8/h8H,2-7H2,1H3. The van der Waals surface area contributed by atoms with Gasteiger partial charge in [0.2, 0.25) is 0 Å². The van der Waals surface area contributed by atoms with Gasteiger partial charge in [-0.05, 0) is 19.8 Å². The summed E-state index contributed by atoms with van der Waals surface area (Å²) in [6, 6.07) is 0. The fraction of sp³-hybridized carbons (Fsp3) is 0.900. The zero-order valence-corrected chi connectivity index (χ0v) is 8.80. The van der Waals surface area contributed by atoms with Crippen LogP contribution in [0.3, 0.4) is 0 Å². The number of rotatable bonds is 4. The Labute approximate surface area is 87.7 Å². The van der Waals surface area contributed by atoms with Crippen LogP contribution in [-0.4, -0.2) is 24.8 Å². The Bertz CT molecular complexity index is 213. The van der Waals surface area contributed by atoms with Crippen molar-refractivity contribution in [1.29, 1.82) is 0 Å². The second-order valence-corrected chi connectivity index (χ2v) is 3.62. The molecule has 0 aliphatic heterocycles. The van der Waals surface area contributed by atoms with Crippen LogP contribution in [0.15, 0.2) is 0 Å². The molecule has 1 rings (SSSR count). The molecule has 0 radical (unpaired) electrons. The number of alkyl halides is 2. The van der Waals surface area contributed by atoms with Gasteiger partial charge in [0.15, 0.2) is 0 Å². The minimum atomic E-state index is -3.79. The highest BCUT2D eigenvalue weighted by atomic mass is 19.3. The van der Waals surface area contributed by atoms with Gasteiger partial charge in [-0.25, -0.2) is 4.79 Å². The largest absolute Gasteiger partial charge is 0.460 e. The van der Waals surface area contributed by atoms with Gasteiger partial charge < -0.3 is 9.47 Å². The number of hydrogen-bond acceptors (Lipinski definition) is 3. The Balaban J connectivity index is 2.42. The summed E-state index contributed by atoms with van der Waals surface area (Å²) in [6.45, 7) is 1.41. The summed E-state index contributed by atoms with van der Waals surface area (Å²) >= 11 is 0. The third kappa shape index (κ3) is 3.74. The van der Waals surface area contributed by atoms with E-state index in [1.165, 1.54) is 6.92 Å². The molecule has 3 nitrogen and oxygen atoms in total. The second-order valence-electron chi connectivity index (χ2n) is 3.62. The van der Waals surface area contributed by atoms with Crippen molar-refractivity contribution in [1.82, 2.24) is 0 Å². The molecule has 1 aliphatic carbocycles. The molecule has 15 heavy (non-hydrogen) atoms. The van der Waals surface area contributed by atoms with Gasteiger partial charge in [-0.1, -0.05) is 19.3 Å². The lowest BCUT2D eigenvalue weighted by Gasteiger charge is -2.25. The van der Waals surface area contributed by atoms with E-state index in [0.29, 0.717) is 12.8 Å². The smallest absolute Gasteiger partial charge is 0.456 e. The molecule has 0 bridgehead atoms. The van der Waals surface area contributed by atoms with Crippen molar-refractivity contribution < 1.29 is 23.0 Å². The van der Waals surface area contributed by atoms with Crippen LogP contribution in [0, 0.1) is 0 Å². The van der Waals surface area contributed by atoms with Crippen LogP contribution in [0.5, 0.6) is 0 Å². The van der Waals surface area contributed by atoms with E-state index >= 15 is 0 Å². The molecule has 0 aromatic carbocycles. The Morgan fingerprint density at radius 1 is 1.33 bits per heavy atom. The third-order valence-corrected chi connectivity index (χ3v) is 2.38. The maximum absolute atomic E-state index is 13.1. The van der Waals surface area contributed by atoms with E-state index in [9.17, 15) is 13.6 Å². The van der Waals surface area contributed by atoms with Gasteiger partial charge in [-0.3, -0.25) is 0 Å². The van der Waals surface area contributed by atoms with Crippen molar-refractivity contribution in [2.45, 2.75) is 51.2 Å². The van der Waals surface area contributed by atoms with Crippen LogP contribution in [0.4, 0.5) is 8.78 Å². The SMILES string of the molecule is CCOC(=O)C(F)(F)OC1CCCCC1. The van der Waals surface area contributed by atoms with E-state index in [1.54, 1.807) is 0 Å². The maximum Gasteiger partial charge on any atom is 0.456 e. The first-order chi connectivity index (χ1) is 7.06. The second kappa shape index (κ2) is 5.39. The van der Waals surface area contributed by atoms with E-state index in [-0.39, 0.29) is 6.61 Å². The molecule has 0 amide bonds. The van der Waals surface area contributed by atoms with E-state index in [1.807, 2.05) is 0 Å². The van der Waals surface area contributed by atoms with E-state index in [0.717, 1.165) is 19.3 Å². The molecule has 1 fully saturated rings. The molecule has 0 aromatic heterocycles. The molecule has 88 valence electrons. The number of carbonyl (C=O) groups is 1. The number of ether oxygens (including phenoxy) is 2. The lowest BCUT2D eigenvalue weighted by Crippen LogP contribution is -2.38. The van der Waals surface area contributed by atoms with Crippen LogP contribution in [-0.2, 0) is 14.3 Å². The van der Waals surface area contributed by atoms with Crippen molar-refractivity contribution in [2.75, 3.05) is 6.61 Å². The van der Waals surface area contributed by atoms with Gasteiger partial charge in [0.25, 0.3) is 0 Å². The molecule has 1 aliphatic rings. The average molecular weight is 222 g/mol. The highest BCUT2D eigenvalue weighted by Gasteiger charge is 2.44. The van der Waals surface area contributed by atoms with Gasteiger partial charge in [0.1, 0.15) is 0 Å². The summed E-state index contributed by atoms with van der Waals surface area (Å²) in [4.78, 5) is 10.8. The van der Waals surface area contributed by atoms with Gasteiger partial charge in [-0.2, -0.15) is 8.78 Å². The summed E-state index contributed by atoms with van der Waals surface area (Å²) < 4.78 is 34.9. The van der Waals surface area contributed by atoms with Gasteiger partial charge in [0.05, 0.1) is 12.7 Å². The first-order valence-corrected chi connectivity index (χ1v) is 5.29. The minimum Gasteiger partial charge on any atom is -0.460 e. The van der Waals surface area contributed by atoms with Crippen molar-refractivity contribution >= 4 is 5.97 Å². The first-order valence-electron chi connectivity index (χ1n) is 5.29. The molecular formula is C10H16F2O3. The molecule has 0 N–H and O–H groups in total. The van der Waals surface area contributed by atoms with Crippen LogP contribution in [0.2, 0.25) is 0 Å². The minimum absolute atomic E-state index is 0.0670. The van der Waals surface area contributed by atoms with Gasteiger partial charge >= 0.3 is 12.1 Å².